The summed E-state index contributed by atoms with van der Waals surface area (Å²) < 4.78 is 11.1. The lowest BCUT2D eigenvalue weighted by atomic mass is 9.84. The lowest BCUT2D eigenvalue weighted by molar-refractivity contribution is -0.138. The van der Waals surface area contributed by atoms with Crippen LogP contribution in [0, 0.1) is 5.92 Å². The number of nitrogen functional groups attached to an aromatic ring is 2. The number of carbonyl (C=O) groups excluding carboxylic acids is 2. The van der Waals surface area contributed by atoms with Gasteiger partial charge in [-0.3, -0.25) is 0 Å². The van der Waals surface area contributed by atoms with Gasteiger partial charge in [-0.2, -0.15) is 0 Å². The third kappa shape index (κ3) is 9.60. The highest BCUT2D eigenvalue weighted by atomic mass is 16.5. The SMILES string of the molecule is CCCCCCC1CCC(OC(=O)c2ccc(/C=C/C(=O)OCC(C)c3cc(N)cc(N)c3)cc2)CC1. The minimum atomic E-state index is -0.437. The Morgan fingerprint density at radius 2 is 1.65 bits per heavy atom. The van der Waals surface area contributed by atoms with Gasteiger partial charge in [-0.05, 0) is 79.1 Å². The summed E-state index contributed by atoms with van der Waals surface area (Å²) in [5.74, 6) is 0.0312. The van der Waals surface area contributed by atoms with Crippen molar-refractivity contribution in [1.82, 2.24) is 0 Å². The van der Waals surface area contributed by atoms with E-state index in [0.29, 0.717) is 16.9 Å². The van der Waals surface area contributed by atoms with Crippen molar-refractivity contribution in [2.45, 2.75) is 83.7 Å². The average Bonchev–Trinajstić information content (AvgIpc) is 2.89. The van der Waals surface area contributed by atoms with Gasteiger partial charge in [-0.1, -0.05) is 58.1 Å². The van der Waals surface area contributed by atoms with Crippen LogP contribution in [0.2, 0.25) is 0 Å². The summed E-state index contributed by atoms with van der Waals surface area (Å²) in [7, 11) is 0. The minimum absolute atomic E-state index is 0.0138. The van der Waals surface area contributed by atoms with Crippen molar-refractivity contribution in [3.05, 3.63) is 65.2 Å². The van der Waals surface area contributed by atoms with Crippen molar-refractivity contribution >= 4 is 29.4 Å². The molecule has 1 unspecified atom stereocenters. The predicted molar refractivity (Wildman–Crippen MR) is 150 cm³/mol. The van der Waals surface area contributed by atoms with Gasteiger partial charge in [0.05, 0.1) is 12.2 Å². The number of nitrogens with two attached hydrogens (primary N) is 2. The molecule has 4 N–H and O–H groups in total. The van der Waals surface area contributed by atoms with Crippen LogP contribution in [0.1, 0.15) is 99.0 Å². The van der Waals surface area contributed by atoms with Crippen LogP contribution in [0.3, 0.4) is 0 Å². The Balaban J connectivity index is 1.39. The van der Waals surface area contributed by atoms with Gasteiger partial charge in [-0.15, -0.1) is 0 Å². The lowest BCUT2D eigenvalue weighted by Crippen LogP contribution is -2.24. The van der Waals surface area contributed by atoms with Crippen LogP contribution in [-0.2, 0) is 14.3 Å². The molecule has 0 saturated heterocycles. The molecular formula is C31H42N2O4. The van der Waals surface area contributed by atoms with E-state index in [1.54, 1.807) is 36.4 Å². The molecule has 0 aromatic heterocycles. The topological polar surface area (TPSA) is 105 Å². The zero-order valence-electron chi connectivity index (χ0n) is 22.3. The Labute approximate surface area is 221 Å². The van der Waals surface area contributed by atoms with E-state index in [-0.39, 0.29) is 24.6 Å². The van der Waals surface area contributed by atoms with Crippen LogP contribution < -0.4 is 11.5 Å². The van der Waals surface area contributed by atoms with E-state index >= 15 is 0 Å². The number of anilines is 2. The Hall–Kier alpha value is -3.28. The van der Waals surface area contributed by atoms with Gasteiger partial charge in [0.15, 0.2) is 0 Å². The fraction of sp³-hybridized carbons (Fsp3) is 0.484. The van der Waals surface area contributed by atoms with Gasteiger partial charge < -0.3 is 20.9 Å². The number of unbranched alkanes of at least 4 members (excludes halogenated alkanes) is 3. The average molecular weight is 507 g/mol. The quantitative estimate of drug-likeness (QED) is 0.140. The minimum Gasteiger partial charge on any atom is -0.462 e. The molecule has 0 bridgehead atoms. The first-order valence-electron chi connectivity index (χ1n) is 13.7. The standard InChI is InChI=1S/C31H42N2O4/c1-3-4-5-6-7-23-10-15-29(16-11-23)37-31(35)25-13-8-24(9-14-25)12-17-30(34)36-21-22(2)26-18-27(32)20-28(33)19-26/h8-9,12-14,17-20,22-23,29H,3-7,10-11,15-16,21,32-33H2,1-2H3/b17-12+. The summed E-state index contributed by atoms with van der Waals surface area (Å²) in [5.41, 5.74) is 15.1. The van der Waals surface area contributed by atoms with Crippen LogP contribution >= 0.6 is 0 Å². The molecule has 6 heteroatoms. The van der Waals surface area contributed by atoms with Gasteiger partial charge in [0.1, 0.15) is 6.10 Å². The first-order chi connectivity index (χ1) is 17.8. The van der Waals surface area contributed by atoms with Gasteiger partial charge in [-0.25, -0.2) is 9.59 Å². The Kier molecular flexibility index (Phi) is 11.1. The molecular weight excluding hydrogens is 464 g/mol. The monoisotopic (exact) mass is 506 g/mol. The molecule has 2 aromatic rings. The van der Waals surface area contributed by atoms with E-state index in [1.165, 1.54) is 38.2 Å². The molecule has 0 spiro atoms. The summed E-state index contributed by atoms with van der Waals surface area (Å²) in [6.07, 6.45) is 13.8. The van der Waals surface area contributed by atoms with Crippen LogP contribution in [0.4, 0.5) is 11.4 Å². The number of esters is 2. The Morgan fingerprint density at radius 1 is 0.973 bits per heavy atom. The van der Waals surface area contributed by atoms with Gasteiger partial charge in [0.25, 0.3) is 0 Å². The maximum atomic E-state index is 12.6. The first kappa shape index (κ1) is 28.3. The smallest absolute Gasteiger partial charge is 0.338 e. The van der Waals surface area contributed by atoms with Gasteiger partial charge in [0, 0.05) is 23.4 Å². The molecule has 0 amide bonds. The highest BCUT2D eigenvalue weighted by Crippen LogP contribution is 2.30. The lowest BCUT2D eigenvalue weighted by Gasteiger charge is -2.28. The van der Waals surface area contributed by atoms with E-state index in [0.717, 1.165) is 42.7 Å². The molecule has 0 radical (unpaired) electrons. The van der Waals surface area contributed by atoms with E-state index in [2.05, 4.69) is 6.92 Å². The maximum absolute atomic E-state index is 12.6. The molecule has 1 aliphatic carbocycles. The summed E-state index contributed by atoms with van der Waals surface area (Å²) in [5, 5.41) is 0. The van der Waals surface area contributed by atoms with Crippen molar-refractivity contribution in [3.8, 4) is 0 Å². The van der Waals surface area contributed by atoms with Crippen LogP contribution in [0.25, 0.3) is 6.08 Å². The summed E-state index contributed by atoms with van der Waals surface area (Å²) in [4.78, 5) is 24.8. The molecule has 1 aliphatic rings. The Bertz CT molecular complexity index is 1020. The second-order valence-electron chi connectivity index (χ2n) is 10.3. The van der Waals surface area contributed by atoms with Gasteiger partial charge in [0.2, 0.25) is 0 Å². The molecule has 37 heavy (non-hydrogen) atoms. The molecule has 1 saturated carbocycles. The summed E-state index contributed by atoms with van der Waals surface area (Å²) >= 11 is 0. The summed E-state index contributed by atoms with van der Waals surface area (Å²) in [6.45, 7) is 4.41. The van der Waals surface area contributed by atoms with E-state index < -0.39 is 5.97 Å². The number of rotatable bonds is 12. The van der Waals surface area contributed by atoms with Crippen molar-refractivity contribution in [3.63, 3.8) is 0 Å². The molecule has 1 atom stereocenters. The van der Waals surface area contributed by atoms with Crippen molar-refractivity contribution in [1.29, 1.82) is 0 Å². The third-order valence-corrected chi connectivity index (χ3v) is 7.14. The maximum Gasteiger partial charge on any atom is 0.338 e. The van der Waals surface area contributed by atoms with Crippen molar-refractivity contribution in [2.24, 2.45) is 5.92 Å². The number of benzene rings is 2. The predicted octanol–water partition coefficient (Wildman–Crippen LogP) is 6.90. The molecule has 0 aliphatic heterocycles. The largest absolute Gasteiger partial charge is 0.462 e. The van der Waals surface area contributed by atoms with E-state index in [9.17, 15) is 9.59 Å². The van der Waals surface area contributed by atoms with E-state index in [1.807, 2.05) is 19.1 Å². The van der Waals surface area contributed by atoms with Gasteiger partial charge >= 0.3 is 11.9 Å². The molecule has 200 valence electrons. The fourth-order valence-electron chi connectivity index (χ4n) is 4.85. The third-order valence-electron chi connectivity index (χ3n) is 7.14. The summed E-state index contributed by atoms with van der Waals surface area (Å²) in [6, 6.07) is 12.4. The molecule has 1 fully saturated rings. The van der Waals surface area contributed by atoms with E-state index in [4.69, 9.17) is 20.9 Å². The number of carbonyl (C=O) groups is 2. The molecule has 6 nitrogen and oxygen atoms in total. The highest BCUT2D eigenvalue weighted by Gasteiger charge is 2.24. The molecule has 2 aromatic carbocycles. The highest BCUT2D eigenvalue weighted by molar-refractivity contribution is 5.90. The fourth-order valence-corrected chi connectivity index (χ4v) is 4.85. The molecule has 0 heterocycles. The van der Waals surface area contributed by atoms with Crippen LogP contribution in [-0.4, -0.2) is 24.6 Å². The second-order valence-corrected chi connectivity index (χ2v) is 10.3. The zero-order chi connectivity index (χ0) is 26.6. The van der Waals surface area contributed by atoms with Crippen molar-refractivity contribution in [2.75, 3.05) is 18.1 Å². The number of ether oxygens (including phenoxy) is 2. The Morgan fingerprint density at radius 3 is 2.30 bits per heavy atom. The van der Waals surface area contributed by atoms with Crippen molar-refractivity contribution < 1.29 is 19.1 Å². The van der Waals surface area contributed by atoms with Crippen LogP contribution in [0.5, 0.6) is 0 Å². The number of hydrogen-bond acceptors (Lipinski definition) is 6. The molecule has 3 rings (SSSR count). The zero-order valence-corrected chi connectivity index (χ0v) is 22.3. The van der Waals surface area contributed by atoms with Crippen LogP contribution in [0.15, 0.2) is 48.5 Å². The first-order valence-corrected chi connectivity index (χ1v) is 13.7. The normalized spacial score (nSPS) is 18.4. The number of hydrogen-bond donors (Lipinski definition) is 2. The second kappa shape index (κ2) is 14.5.